The topological polar surface area (TPSA) is 57.6 Å². The highest BCUT2D eigenvalue weighted by Gasteiger charge is 2.29. The fraction of sp³-hybridized carbons (Fsp3) is 0.615. The molecule has 2 aliphatic rings. The van der Waals surface area contributed by atoms with E-state index in [0.29, 0.717) is 5.88 Å². The molecule has 5 nitrogen and oxygen atoms in total. The Labute approximate surface area is 107 Å². The average Bonchev–Trinajstić information content (AvgIpc) is 2.38. The third-order valence-corrected chi connectivity index (χ3v) is 3.56. The van der Waals surface area contributed by atoms with E-state index in [4.69, 9.17) is 4.74 Å². The van der Waals surface area contributed by atoms with Crippen LogP contribution in [0.2, 0.25) is 0 Å². The summed E-state index contributed by atoms with van der Waals surface area (Å²) in [5, 5.41) is 12.6. The number of ether oxygens (including phenoxy) is 1. The molecule has 5 heteroatoms. The summed E-state index contributed by atoms with van der Waals surface area (Å²) in [6.07, 6.45) is 3.18. The van der Waals surface area contributed by atoms with Gasteiger partial charge in [-0.3, -0.25) is 0 Å². The van der Waals surface area contributed by atoms with E-state index in [1.54, 1.807) is 6.20 Å². The van der Waals surface area contributed by atoms with Crippen LogP contribution in [0.1, 0.15) is 12.8 Å². The van der Waals surface area contributed by atoms with Gasteiger partial charge in [-0.05, 0) is 6.07 Å². The van der Waals surface area contributed by atoms with Gasteiger partial charge in [0.1, 0.15) is 6.10 Å². The SMILES string of the molecule is OC1CC(Oc2cc(N3CCNCC3)ccn2)C1. The van der Waals surface area contributed by atoms with Crippen molar-refractivity contribution in [2.75, 3.05) is 31.1 Å². The third kappa shape index (κ3) is 2.57. The van der Waals surface area contributed by atoms with Crippen LogP contribution in [-0.2, 0) is 0 Å². The molecule has 0 bridgehead atoms. The lowest BCUT2D eigenvalue weighted by Gasteiger charge is -2.32. The molecule has 1 saturated carbocycles. The van der Waals surface area contributed by atoms with Crippen molar-refractivity contribution >= 4 is 5.69 Å². The molecule has 1 aliphatic carbocycles. The molecular weight excluding hydrogens is 230 g/mol. The molecule has 2 heterocycles. The zero-order valence-corrected chi connectivity index (χ0v) is 10.4. The lowest BCUT2D eigenvalue weighted by atomic mass is 9.92. The molecule has 3 rings (SSSR count). The van der Waals surface area contributed by atoms with Crippen LogP contribution in [0.15, 0.2) is 18.3 Å². The molecule has 1 aromatic heterocycles. The van der Waals surface area contributed by atoms with Gasteiger partial charge in [0.25, 0.3) is 0 Å². The maximum absolute atomic E-state index is 9.24. The molecule has 0 radical (unpaired) electrons. The first-order chi connectivity index (χ1) is 8.81. The van der Waals surface area contributed by atoms with E-state index in [0.717, 1.165) is 39.0 Å². The molecule has 98 valence electrons. The van der Waals surface area contributed by atoms with Crippen LogP contribution >= 0.6 is 0 Å². The summed E-state index contributed by atoms with van der Waals surface area (Å²) in [5.74, 6) is 0.669. The summed E-state index contributed by atoms with van der Waals surface area (Å²) in [5.41, 5.74) is 1.17. The molecule has 0 atom stereocenters. The summed E-state index contributed by atoms with van der Waals surface area (Å²) >= 11 is 0. The van der Waals surface area contributed by atoms with Crippen LogP contribution in [-0.4, -0.2) is 48.5 Å². The van der Waals surface area contributed by atoms with Gasteiger partial charge < -0.3 is 20.1 Å². The number of rotatable bonds is 3. The molecule has 1 aromatic rings. The highest BCUT2D eigenvalue weighted by molar-refractivity contribution is 5.48. The Hall–Kier alpha value is -1.33. The predicted octanol–water partition coefficient (Wildman–Crippen LogP) is 0.393. The minimum atomic E-state index is -0.189. The quantitative estimate of drug-likeness (QED) is 0.812. The molecule has 2 N–H and O–H groups in total. The number of anilines is 1. The number of hydrogen-bond donors (Lipinski definition) is 2. The maximum Gasteiger partial charge on any atom is 0.215 e. The Balaban J connectivity index is 1.64. The molecule has 0 spiro atoms. The lowest BCUT2D eigenvalue weighted by molar-refractivity contribution is -0.0128. The second kappa shape index (κ2) is 5.12. The van der Waals surface area contributed by atoms with Crippen molar-refractivity contribution in [3.63, 3.8) is 0 Å². The summed E-state index contributed by atoms with van der Waals surface area (Å²) in [7, 11) is 0. The maximum atomic E-state index is 9.24. The molecule has 18 heavy (non-hydrogen) atoms. The van der Waals surface area contributed by atoms with Gasteiger partial charge in [0.05, 0.1) is 6.10 Å². The normalized spacial score (nSPS) is 27.7. The van der Waals surface area contributed by atoms with Crippen LogP contribution < -0.4 is 15.0 Å². The van der Waals surface area contributed by atoms with Crippen LogP contribution in [0, 0.1) is 0 Å². The average molecular weight is 249 g/mol. The molecule has 0 aromatic carbocycles. The van der Waals surface area contributed by atoms with Crippen molar-refractivity contribution in [3.8, 4) is 5.88 Å². The third-order valence-electron chi connectivity index (χ3n) is 3.56. The van der Waals surface area contributed by atoms with E-state index in [-0.39, 0.29) is 12.2 Å². The van der Waals surface area contributed by atoms with E-state index in [2.05, 4.69) is 15.2 Å². The molecule has 1 saturated heterocycles. The number of aliphatic hydroxyl groups excluding tert-OH is 1. The van der Waals surface area contributed by atoms with E-state index < -0.39 is 0 Å². The monoisotopic (exact) mass is 249 g/mol. The zero-order chi connectivity index (χ0) is 12.4. The van der Waals surface area contributed by atoms with Crippen LogP contribution in [0.3, 0.4) is 0 Å². The number of piperazine rings is 1. The van der Waals surface area contributed by atoms with Crippen molar-refractivity contribution < 1.29 is 9.84 Å². The summed E-state index contributed by atoms with van der Waals surface area (Å²) in [6, 6.07) is 4.02. The second-order valence-corrected chi connectivity index (χ2v) is 4.95. The summed E-state index contributed by atoms with van der Waals surface area (Å²) in [6.45, 7) is 4.08. The fourth-order valence-electron chi connectivity index (χ4n) is 2.39. The lowest BCUT2D eigenvalue weighted by Crippen LogP contribution is -2.43. The smallest absolute Gasteiger partial charge is 0.215 e. The van der Waals surface area contributed by atoms with Gasteiger partial charge in [-0.25, -0.2) is 4.98 Å². The first-order valence-electron chi connectivity index (χ1n) is 6.58. The Bertz CT molecular complexity index is 401. The van der Waals surface area contributed by atoms with Gasteiger partial charge in [-0.1, -0.05) is 0 Å². The van der Waals surface area contributed by atoms with Crippen molar-refractivity contribution in [2.45, 2.75) is 25.0 Å². The Morgan fingerprint density at radius 3 is 2.83 bits per heavy atom. The zero-order valence-electron chi connectivity index (χ0n) is 10.4. The first-order valence-corrected chi connectivity index (χ1v) is 6.58. The van der Waals surface area contributed by atoms with E-state index in [1.165, 1.54) is 5.69 Å². The number of aromatic nitrogens is 1. The largest absolute Gasteiger partial charge is 0.474 e. The minimum Gasteiger partial charge on any atom is -0.474 e. The van der Waals surface area contributed by atoms with Gasteiger partial charge in [-0.15, -0.1) is 0 Å². The van der Waals surface area contributed by atoms with Gasteiger partial charge in [-0.2, -0.15) is 0 Å². The number of nitrogens with one attached hydrogen (secondary N) is 1. The minimum absolute atomic E-state index is 0.130. The summed E-state index contributed by atoms with van der Waals surface area (Å²) in [4.78, 5) is 6.57. The molecule has 0 unspecified atom stereocenters. The number of aliphatic hydroxyl groups is 1. The highest BCUT2D eigenvalue weighted by Crippen LogP contribution is 2.26. The standard InChI is InChI=1S/C13H19N3O2/c17-11-8-12(9-11)18-13-7-10(1-2-15-13)16-5-3-14-4-6-16/h1-2,7,11-12,14,17H,3-6,8-9H2. The Kier molecular flexibility index (Phi) is 3.34. The van der Waals surface area contributed by atoms with Crippen LogP contribution in [0.25, 0.3) is 0 Å². The second-order valence-electron chi connectivity index (χ2n) is 4.95. The number of pyridine rings is 1. The van der Waals surface area contributed by atoms with Crippen molar-refractivity contribution in [3.05, 3.63) is 18.3 Å². The van der Waals surface area contributed by atoms with Gasteiger partial charge >= 0.3 is 0 Å². The van der Waals surface area contributed by atoms with Crippen LogP contribution in [0.5, 0.6) is 5.88 Å². The Morgan fingerprint density at radius 2 is 2.11 bits per heavy atom. The molecule has 0 amide bonds. The number of nitrogens with zero attached hydrogens (tertiary/aromatic N) is 2. The van der Waals surface area contributed by atoms with Gasteiger partial charge in [0.15, 0.2) is 0 Å². The molecular formula is C13H19N3O2. The van der Waals surface area contributed by atoms with Crippen molar-refractivity contribution in [1.29, 1.82) is 0 Å². The molecule has 1 aliphatic heterocycles. The van der Waals surface area contributed by atoms with E-state index >= 15 is 0 Å². The van der Waals surface area contributed by atoms with Crippen molar-refractivity contribution in [2.24, 2.45) is 0 Å². The predicted molar refractivity (Wildman–Crippen MR) is 69.0 cm³/mol. The van der Waals surface area contributed by atoms with Crippen molar-refractivity contribution in [1.82, 2.24) is 10.3 Å². The molecule has 2 fully saturated rings. The fourth-order valence-corrected chi connectivity index (χ4v) is 2.39. The first kappa shape index (κ1) is 11.7. The highest BCUT2D eigenvalue weighted by atomic mass is 16.5. The summed E-state index contributed by atoms with van der Waals surface area (Å²) < 4.78 is 5.74. The van der Waals surface area contributed by atoms with Gasteiger partial charge in [0, 0.05) is 57.0 Å². The Morgan fingerprint density at radius 1 is 1.33 bits per heavy atom. The van der Waals surface area contributed by atoms with Crippen LogP contribution in [0.4, 0.5) is 5.69 Å². The van der Waals surface area contributed by atoms with Gasteiger partial charge in [0.2, 0.25) is 5.88 Å². The van der Waals surface area contributed by atoms with E-state index in [1.807, 2.05) is 12.1 Å². The number of hydrogen-bond acceptors (Lipinski definition) is 5. The van der Waals surface area contributed by atoms with E-state index in [9.17, 15) is 5.11 Å².